The number of nitrogens with two attached hydrogens (primary N) is 1. The summed E-state index contributed by atoms with van der Waals surface area (Å²) in [7, 11) is 0. The van der Waals surface area contributed by atoms with Gasteiger partial charge in [0.05, 0.1) is 11.4 Å². The van der Waals surface area contributed by atoms with E-state index in [-0.39, 0.29) is 0 Å². The van der Waals surface area contributed by atoms with E-state index < -0.39 is 0 Å². The second kappa shape index (κ2) is 4.44. The third kappa shape index (κ3) is 2.28. The Balaban J connectivity index is 2.27. The predicted octanol–water partition coefficient (Wildman–Crippen LogP) is 3.41. The van der Waals surface area contributed by atoms with Crippen LogP contribution >= 0.6 is 15.9 Å². The number of hydrogen-bond acceptors (Lipinski definition) is 2. The third-order valence-electron chi connectivity index (χ3n) is 3.10. The maximum atomic E-state index is 6.04. The van der Waals surface area contributed by atoms with Crippen LogP contribution in [0.2, 0.25) is 0 Å². The summed E-state index contributed by atoms with van der Waals surface area (Å²) in [6, 6.07) is 6.77. The monoisotopic (exact) mass is 268 g/mol. The summed E-state index contributed by atoms with van der Waals surface area (Å²) >= 11 is 3.44. The van der Waals surface area contributed by atoms with Crippen LogP contribution in [0.1, 0.15) is 26.2 Å². The van der Waals surface area contributed by atoms with Crippen molar-refractivity contribution in [2.45, 2.75) is 32.2 Å². The van der Waals surface area contributed by atoms with E-state index in [0.717, 1.165) is 16.7 Å². The van der Waals surface area contributed by atoms with Crippen LogP contribution in [-0.4, -0.2) is 12.6 Å². The molecule has 0 spiro atoms. The van der Waals surface area contributed by atoms with E-state index in [1.807, 2.05) is 6.07 Å². The van der Waals surface area contributed by atoms with E-state index in [9.17, 15) is 0 Å². The van der Waals surface area contributed by atoms with Gasteiger partial charge in [-0.3, -0.25) is 0 Å². The van der Waals surface area contributed by atoms with Crippen molar-refractivity contribution in [3.8, 4) is 0 Å². The van der Waals surface area contributed by atoms with Crippen LogP contribution in [0.15, 0.2) is 22.7 Å². The lowest BCUT2D eigenvalue weighted by atomic mass is 10.0. The second-order valence-corrected chi connectivity index (χ2v) is 5.16. The Morgan fingerprint density at radius 2 is 2.20 bits per heavy atom. The lowest BCUT2D eigenvalue weighted by Crippen LogP contribution is -2.37. The van der Waals surface area contributed by atoms with Gasteiger partial charge < -0.3 is 10.6 Å². The standard InChI is InChI=1S/C12H17BrN2/c1-9-4-2-3-7-15(9)12-6-5-10(13)8-11(12)14/h5-6,8-9H,2-4,7,14H2,1H3/t9-/m1/s1. The first-order valence-electron chi connectivity index (χ1n) is 5.50. The van der Waals surface area contributed by atoms with Crippen molar-refractivity contribution >= 4 is 27.3 Å². The van der Waals surface area contributed by atoms with Gasteiger partial charge in [0.25, 0.3) is 0 Å². The normalized spacial score (nSPS) is 21.7. The molecular formula is C12H17BrN2. The molecule has 3 heteroatoms. The van der Waals surface area contributed by atoms with Crippen molar-refractivity contribution in [3.05, 3.63) is 22.7 Å². The number of nitrogen functional groups attached to an aromatic ring is 1. The number of anilines is 2. The van der Waals surface area contributed by atoms with Gasteiger partial charge in [-0.05, 0) is 44.4 Å². The Labute approximate surface area is 99.6 Å². The van der Waals surface area contributed by atoms with Gasteiger partial charge in [-0.25, -0.2) is 0 Å². The van der Waals surface area contributed by atoms with Gasteiger partial charge in [0, 0.05) is 17.1 Å². The topological polar surface area (TPSA) is 29.3 Å². The molecule has 2 N–H and O–H groups in total. The highest BCUT2D eigenvalue weighted by Gasteiger charge is 2.19. The molecule has 0 aromatic heterocycles. The van der Waals surface area contributed by atoms with Crippen LogP contribution in [0.3, 0.4) is 0 Å². The largest absolute Gasteiger partial charge is 0.397 e. The Morgan fingerprint density at radius 3 is 2.87 bits per heavy atom. The first-order valence-corrected chi connectivity index (χ1v) is 6.29. The molecule has 1 fully saturated rings. The van der Waals surface area contributed by atoms with Crippen molar-refractivity contribution < 1.29 is 0 Å². The van der Waals surface area contributed by atoms with Crippen molar-refractivity contribution in [1.82, 2.24) is 0 Å². The molecule has 1 aromatic carbocycles. The van der Waals surface area contributed by atoms with Crippen LogP contribution in [0.4, 0.5) is 11.4 Å². The van der Waals surface area contributed by atoms with Crippen LogP contribution in [0, 0.1) is 0 Å². The number of rotatable bonds is 1. The molecule has 2 rings (SSSR count). The van der Waals surface area contributed by atoms with Gasteiger partial charge in [-0.2, -0.15) is 0 Å². The lowest BCUT2D eigenvalue weighted by molar-refractivity contribution is 0.485. The Morgan fingerprint density at radius 1 is 1.40 bits per heavy atom. The highest BCUT2D eigenvalue weighted by molar-refractivity contribution is 9.10. The average molecular weight is 269 g/mol. The number of hydrogen-bond donors (Lipinski definition) is 1. The Bertz CT molecular complexity index is 351. The van der Waals surface area contributed by atoms with Crippen LogP contribution < -0.4 is 10.6 Å². The number of halogens is 1. The van der Waals surface area contributed by atoms with Crippen LogP contribution in [-0.2, 0) is 0 Å². The van der Waals surface area contributed by atoms with Crippen molar-refractivity contribution in [2.24, 2.45) is 0 Å². The number of piperidine rings is 1. The highest BCUT2D eigenvalue weighted by atomic mass is 79.9. The van der Waals surface area contributed by atoms with Gasteiger partial charge >= 0.3 is 0 Å². The van der Waals surface area contributed by atoms with E-state index in [2.05, 4.69) is 39.9 Å². The predicted molar refractivity (Wildman–Crippen MR) is 69.2 cm³/mol. The molecule has 1 aliphatic heterocycles. The highest BCUT2D eigenvalue weighted by Crippen LogP contribution is 2.31. The SMILES string of the molecule is C[C@@H]1CCCCN1c1ccc(Br)cc1N. The van der Waals surface area contributed by atoms with E-state index in [0.29, 0.717) is 6.04 Å². The van der Waals surface area contributed by atoms with Gasteiger partial charge in [-0.1, -0.05) is 15.9 Å². The smallest absolute Gasteiger partial charge is 0.0603 e. The summed E-state index contributed by atoms with van der Waals surface area (Å²) in [6.45, 7) is 3.41. The molecule has 0 radical (unpaired) electrons. The lowest BCUT2D eigenvalue weighted by Gasteiger charge is -2.36. The minimum atomic E-state index is 0.613. The minimum Gasteiger partial charge on any atom is -0.397 e. The fourth-order valence-electron chi connectivity index (χ4n) is 2.24. The summed E-state index contributed by atoms with van der Waals surface area (Å²) in [4.78, 5) is 2.42. The first kappa shape index (κ1) is 10.8. The number of nitrogens with zero attached hydrogens (tertiary/aromatic N) is 1. The molecular weight excluding hydrogens is 252 g/mol. The molecule has 15 heavy (non-hydrogen) atoms. The van der Waals surface area contributed by atoms with Crippen molar-refractivity contribution in [2.75, 3.05) is 17.2 Å². The molecule has 1 aliphatic rings. The Hall–Kier alpha value is -0.700. The maximum absolute atomic E-state index is 6.04. The summed E-state index contributed by atoms with van der Waals surface area (Å²) < 4.78 is 1.05. The van der Waals surface area contributed by atoms with E-state index in [4.69, 9.17) is 5.73 Å². The van der Waals surface area contributed by atoms with Crippen molar-refractivity contribution in [1.29, 1.82) is 0 Å². The van der Waals surface area contributed by atoms with Gasteiger partial charge in [0.15, 0.2) is 0 Å². The van der Waals surface area contributed by atoms with Crippen molar-refractivity contribution in [3.63, 3.8) is 0 Å². The average Bonchev–Trinajstić information content (AvgIpc) is 2.20. The zero-order valence-corrected chi connectivity index (χ0v) is 10.6. The molecule has 82 valence electrons. The van der Waals surface area contributed by atoms with E-state index >= 15 is 0 Å². The fourth-order valence-corrected chi connectivity index (χ4v) is 2.62. The Kier molecular flexibility index (Phi) is 3.19. The van der Waals surface area contributed by atoms with Crippen LogP contribution in [0.25, 0.3) is 0 Å². The fraction of sp³-hybridized carbons (Fsp3) is 0.500. The molecule has 1 heterocycles. The van der Waals surface area contributed by atoms with E-state index in [1.54, 1.807) is 0 Å². The molecule has 0 aliphatic carbocycles. The van der Waals surface area contributed by atoms with Gasteiger partial charge in [0.2, 0.25) is 0 Å². The molecule has 1 aromatic rings. The quantitative estimate of drug-likeness (QED) is 0.791. The first-order chi connectivity index (χ1) is 7.18. The second-order valence-electron chi connectivity index (χ2n) is 4.24. The summed E-state index contributed by atoms with van der Waals surface area (Å²) in [5, 5.41) is 0. The molecule has 0 amide bonds. The van der Waals surface area contributed by atoms with Crippen LogP contribution in [0.5, 0.6) is 0 Å². The molecule has 2 nitrogen and oxygen atoms in total. The summed E-state index contributed by atoms with van der Waals surface area (Å²) in [5.41, 5.74) is 8.10. The molecule has 1 atom stereocenters. The molecule has 0 bridgehead atoms. The van der Waals surface area contributed by atoms with Gasteiger partial charge in [0.1, 0.15) is 0 Å². The zero-order chi connectivity index (χ0) is 10.8. The number of benzene rings is 1. The van der Waals surface area contributed by atoms with Gasteiger partial charge in [-0.15, -0.1) is 0 Å². The summed E-state index contributed by atoms with van der Waals surface area (Å²) in [6.07, 6.45) is 3.89. The minimum absolute atomic E-state index is 0.613. The summed E-state index contributed by atoms with van der Waals surface area (Å²) in [5.74, 6) is 0. The molecule has 0 unspecified atom stereocenters. The molecule has 1 saturated heterocycles. The zero-order valence-electron chi connectivity index (χ0n) is 9.04. The van der Waals surface area contributed by atoms with E-state index in [1.165, 1.54) is 24.9 Å². The maximum Gasteiger partial charge on any atom is 0.0603 e. The molecule has 0 saturated carbocycles. The third-order valence-corrected chi connectivity index (χ3v) is 3.60.